The predicted octanol–water partition coefficient (Wildman–Crippen LogP) is 5.06. The maximum atomic E-state index is 13.8. The Morgan fingerprint density at radius 3 is 2.19 bits per heavy atom. The van der Waals surface area contributed by atoms with E-state index >= 15 is 0 Å². The summed E-state index contributed by atoms with van der Waals surface area (Å²) < 4.78 is 51.9. The van der Waals surface area contributed by atoms with Gasteiger partial charge in [-0.25, -0.2) is 4.79 Å². The molecule has 0 radical (unpaired) electrons. The molecule has 0 saturated carbocycles. The van der Waals surface area contributed by atoms with Gasteiger partial charge in [-0.2, -0.15) is 17.4 Å². The van der Waals surface area contributed by atoms with Gasteiger partial charge in [-0.1, -0.05) is 42.5 Å². The zero-order valence-corrected chi connectivity index (χ0v) is 26.4. The Kier molecular flexibility index (Phi) is 10.6. The standard InChI is InChI=1S/C31H40N2O9S/c1-30(2,3)41-28(35)25(18-26-24-15-13-21(14-16-27(34)39-7)17-23(24)20-40-26)32-43(37,38)33(29(36)42-31(4,5)6)19-22-11-9-8-10-12-22/h8-13,15,17,20,25,32H,14,16,18-19H2,1-7H3. The number of fused-ring (bicyclic) bond motifs is 1. The van der Waals surface area contributed by atoms with Crippen LogP contribution in [0.5, 0.6) is 0 Å². The lowest BCUT2D eigenvalue weighted by molar-refractivity contribution is -0.157. The zero-order valence-electron chi connectivity index (χ0n) is 25.6. The number of aryl methyl sites for hydroxylation is 1. The van der Waals surface area contributed by atoms with Crippen molar-refractivity contribution in [2.75, 3.05) is 7.11 Å². The first kappa shape index (κ1) is 33.6. The van der Waals surface area contributed by atoms with Crippen molar-refractivity contribution in [2.24, 2.45) is 0 Å². The Bertz CT molecular complexity index is 1530. The van der Waals surface area contributed by atoms with Crippen LogP contribution in [0.2, 0.25) is 0 Å². The molecule has 1 heterocycles. The molecule has 0 saturated heterocycles. The third-order valence-electron chi connectivity index (χ3n) is 6.02. The summed E-state index contributed by atoms with van der Waals surface area (Å²) in [4.78, 5) is 38.0. The van der Waals surface area contributed by atoms with Gasteiger partial charge in [-0.15, -0.1) is 0 Å². The van der Waals surface area contributed by atoms with E-state index in [1.165, 1.54) is 13.4 Å². The minimum atomic E-state index is -4.65. The van der Waals surface area contributed by atoms with Crippen molar-refractivity contribution in [1.29, 1.82) is 0 Å². The van der Waals surface area contributed by atoms with Gasteiger partial charge in [0.1, 0.15) is 23.0 Å². The summed E-state index contributed by atoms with van der Waals surface area (Å²) in [6, 6.07) is 12.6. The van der Waals surface area contributed by atoms with Crippen molar-refractivity contribution in [2.45, 2.75) is 84.6 Å². The normalized spacial score (nSPS) is 12.9. The molecular formula is C31H40N2O9S. The van der Waals surface area contributed by atoms with Crippen LogP contribution in [-0.4, -0.2) is 55.1 Å². The number of amides is 1. The van der Waals surface area contributed by atoms with E-state index in [0.717, 1.165) is 5.56 Å². The second-order valence-electron chi connectivity index (χ2n) is 12.0. The topological polar surface area (TPSA) is 141 Å². The van der Waals surface area contributed by atoms with Gasteiger partial charge in [0, 0.05) is 23.6 Å². The van der Waals surface area contributed by atoms with E-state index in [0.29, 0.717) is 32.8 Å². The molecule has 1 N–H and O–H groups in total. The lowest BCUT2D eigenvalue weighted by atomic mass is 10.0. The van der Waals surface area contributed by atoms with Gasteiger partial charge in [0.2, 0.25) is 0 Å². The maximum absolute atomic E-state index is 13.8. The van der Waals surface area contributed by atoms with E-state index < -0.39 is 39.5 Å². The van der Waals surface area contributed by atoms with Gasteiger partial charge in [0.25, 0.3) is 0 Å². The molecule has 1 amide bonds. The summed E-state index contributed by atoms with van der Waals surface area (Å²) in [5.74, 6) is -0.840. The highest BCUT2D eigenvalue weighted by molar-refractivity contribution is 7.87. The highest BCUT2D eigenvalue weighted by atomic mass is 32.2. The van der Waals surface area contributed by atoms with Gasteiger partial charge in [-0.3, -0.25) is 9.59 Å². The van der Waals surface area contributed by atoms with Crippen molar-refractivity contribution in [3.8, 4) is 0 Å². The van der Waals surface area contributed by atoms with Gasteiger partial charge in [0.15, 0.2) is 0 Å². The number of carbonyl (C=O) groups excluding carboxylic acids is 3. The minimum absolute atomic E-state index is 0.202. The maximum Gasteiger partial charge on any atom is 0.425 e. The van der Waals surface area contributed by atoms with E-state index in [1.807, 2.05) is 12.1 Å². The third-order valence-corrected chi connectivity index (χ3v) is 7.46. The number of hydrogen-bond donors (Lipinski definition) is 1. The highest BCUT2D eigenvalue weighted by Gasteiger charge is 2.37. The number of ether oxygens (including phenoxy) is 3. The molecule has 0 aliphatic heterocycles. The van der Waals surface area contributed by atoms with E-state index in [-0.39, 0.29) is 25.4 Å². The van der Waals surface area contributed by atoms with Crippen LogP contribution in [-0.2, 0) is 53.4 Å². The summed E-state index contributed by atoms with van der Waals surface area (Å²) in [5, 5.41) is 1.37. The van der Waals surface area contributed by atoms with Crippen LogP contribution in [0.25, 0.3) is 10.8 Å². The van der Waals surface area contributed by atoms with Crippen molar-refractivity contribution >= 4 is 39.0 Å². The summed E-state index contributed by atoms with van der Waals surface area (Å²) in [6.45, 7) is 9.53. The van der Waals surface area contributed by atoms with Crippen molar-refractivity contribution in [3.63, 3.8) is 0 Å². The molecule has 0 fully saturated rings. The van der Waals surface area contributed by atoms with E-state index in [4.69, 9.17) is 18.6 Å². The van der Waals surface area contributed by atoms with E-state index in [2.05, 4.69) is 4.72 Å². The number of carbonyl (C=O) groups is 3. The molecule has 1 unspecified atom stereocenters. The molecular weight excluding hydrogens is 576 g/mol. The number of rotatable bonds is 11. The molecule has 0 spiro atoms. The summed E-state index contributed by atoms with van der Waals surface area (Å²) >= 11 is 0. The fourth-order valence-corrected chi connectivity index (χ4v) is 5.33. The van der Waals surface area contributed by atoms with Crippen LogP contribution < -0.4 is 4.72 Å². The molecule has 3 rings (SSSR count). The smallest absolute Gasteiger partial charge is 0.425 e. The lowest BCUT2D eigenvalue weighted by Gasteiger charge is -2.29. The van der Waals surface area contributed by atoms with Crippen LogP contribution >= 0.6 is 0 Å². The van der Waals surface area contributed by atoms with E-state index in [9.17, 15) is 22.8 Å². The molecule has 1 aromatic heterocycles. The fourth-order valence-electron chi connectivity index (χ4n) is 4.11. The predicted molar refractivity (Wildman–Crippen MR) is 160 cm³/mol. The number of esters is 2. The quantitative estimate of drug-likeness (QED) is 0.231. The molecule has 234 valence electrons. The second kappa shape index (κ2) is 13.6. The first-order valence-electron chi connectivity index (χ1n) is 13.8. The molecule has 0 aliphatic carbocycles. The number of nitrogens with one attached hydrogen (secondary N) is 1. The lowest BCUT2D eigenvalue weighted by Crippen LogP contribution is -2.52. The number of methoxy groups -OCH3 is 1. The first-order chi connectivity index (χ1) is 20.0. The SMILES string of the molecule is COC(=O)CCc1ccc2c(CC(NS(=O)(=O)N(Cc3ccccc3)C(=O)OC(C)(C)C)C(=O)OC(C)(C)C)occ2c1. The van der Waals surface area contributed by atoms with Crippen molar-refractivity contribution in [1.82, 2.24) is 9.03 Å². The number of benzene rings is 2. The Morgan fingerprint density at radius 2 is 1.58 bits per heavy atom. The van der Waals surface area contributed by atoms with Crippen LogP contribution in [0.3, 0.4) is 0 Å². The molecule has 12 heteroatoms. The van der Waals surface area contributed by atoms with Gasteiger partial charge >= 0.3 is 28.2 Å². The Balaban J connectivity index is 1.94. The van der Waals surface area contributed by atoms with Crippen LogP contribution in [0.15, 0.2) is 59.2 Å². The number of furan rings is 1. The molecule has 0 bridgehead atoms. The number of nitrogens with zero attached hydrogens (tertiary/aromatic N) is 1. The monoisotopic (exact) mass is 616 g/mol. The third kappa shape index (κ3) is 10.1. The summed E-state index contributed by atoms with van der Waals surface area (Å²) in [5.41, 5.74) is -0.485. The van der Waals surface area contributed by atoms with Crippen LogP contribution in [0, 0.1) is 0 Å². The second-order valence-corrected chi connectivity index (χ2v) is 13.7. The van der Waals surface area contributed by atoms with Crippen molar-refractivity contribution < 1.29 is 41.4 Å². The Morgan fingerprint density at radius 1 is 0.930 bits per heavy atom. The first-order valence-corrected chi connectivity index (χ1v) is 15.3. The van der Waals surface area contributed by atoms with E-state index in [1.54, 1.807) is 77.9 Å². The number of hydrogen-bond acceptors (Lipinski definition) is 9. The molecule has 11 nitrogen and oxygen atoms in total. The summed E-state index contributed by atoms with van der Waals surface area (Å²) in [6.07, 6.45) is 0.870. The highest BCUT2D eigenvalue weighted by Crippen LogP contribution is 2.26. The zero-order chi connectivity index (χ0) is 32.0. The molecule has 3 aromatic rings. The van der Waals surface area contributed by atoms with Gasteiger partial charge < -0.3 is 18.6 Å². The average Bonchev–Trinajstić information content (AvgIpc) is 3.30. The molecule has 0 aliphatic rings. The van der Waals surface area contributed by atoms with Gasteiger partial charge in [-0.05, 0) is 65.2 Å². The fraction of sp³-hybridized carbons (Fsp3) is 0.452. The van der Waals surface area contributed by atoms with Crippen LogP contribution in [0.1, 0.15) is 64.9 Å². The molecule has 1 atom stereocenters. The Labute approximate surface area is 252 Å². The molecule has 2 aromatic carbocycles. The largest absolute Gasteiger partial charge is 0.469 e. The van der Waals surface area contributed by atoms with Crippen molar-refractivity contribution in [3.05, 3.63) is 71.7 Å². The van der Waals surface area contributed by atoms with Crippen LogP contribution in [0.4, 0.5) is 4.79 Å². The summed E-state index contributed by atoms with van der Waals surface area (Å²) in [7, 11) is -3.32. The minimum Gasteiger partial charge on any atom is -0.469 e. The molecule has 43 heavy (non-hydrogen) atoms. The van der Waals surface area contributed by atoms with Gasteiger partial charge in [0.05, 0.1) is 19.9 Å². The average molecular weight is 617 g/mol. The Hall–Kier alpha value is -3.90.